The molecule has 1 saturated heterocycles. The summed E-state index contributed by atoms with van der Waals surface area (Å²) in [6, 6.07) is 15.3. The Kier molecular flexibility index (Phi) is 5.94. The number of nitrogens with one attached hydrogen (secondary N) is 1. The predicted molar refractivity (Wildman–Crippen MR) is 149 cm³/mol. The number of hydrogen-bond donors (Lipinski definition) is 1. The van der Waals surface area contributed by atoms with E-state index in [-0.39, 0.29) is 30.2 Å². The molecule has 2 fully saturated rings. The van der Waals surface area contributed by atoms with Crippen LogP contribution in [0.1, 0.15) is 52.0 Å². The average molecular weight is 521 g/mol. The fourth-order valence-electron chi connectivity index (χ4n) is 7.00. The molecule has 7 heteroatoms. The van der Waals surface area contributed by atoms with Crippen molar-refractivity contribution in [3.05, 3.63) is 83.6 Å². The van der Waals surface area contributed by atoms with E-state index in [1.165, 1.54) is 17.7 Å². The highest BCUT2D eigenvalue weighted by atomic mass is 16.2. The van der Waals surface area contributed by atoms with Gasteiger partial charge in [0.15, 0.2) is 0 Å². The summed E-state index contributed by atoms with van der Waals surface area (Å²) in [6.07, 6.45) is 10.3. The second-order valence-electron chi connectivity index (χ2n) is 11.5. The van der Waals surface area contributed by atoms with E-state index in [1.807, 2.05) is 42.5 Å². The maximum atomic E-state index is 13.6. The molecule has 2 aliphatic heterocycles. The molecule has 3 amide bonds. The summed E-state index contributed by atoms with van der Waals surface area (Å²) >= 11 is 0. The lowest BCUT2D eigenvalue weighted by Gasteiger charge is -2.34. The van der Waals surface area contributed by atoms with Crippen LogP contribution in [0.5, 0.6) is 0 Å². The van der Waals surface area contributed by atoms with Crippen LogP contribution in [-0.4, -0.2) is 47.2 Å². The highest BCUT2D eigenvalue weighted by Gasteiger charge is 2.40. The van der Waals surface area contributed by atoms with E-state index in [2.05, 4.69) is 27.4 Å². The number of benzene rings is 2. The van der Waals surface area contributed by atoms with Crippen molar-refractivity contribution < 1.29 is 14.4 Å². The molecule has 7 nitrogen and oxygen atoms in total. The van der Waals surface area contributed by atoms with Crippen LogP contribution in [0.2, 0.25) is 0 Å². The number of aromatic nitrogens is 1. The van der Waals surface area contributed by atoms with Crippen LogP contribution >= 0.6 is 0 Å². The van der Waals surface area contributed by atoms with E-state index in [4.69, 9.17) is 0 Å². The largest absolute Gasteiger partial charge is 0.371 e. The van der Waals surface area contributed by atoms with Crippen molar-refractivity contribution in [2.24, 2.45) is 23.7 Å². The van der Waals surface area contributed by atoms with E-state index in [9.17, 15) is 14.4 Å². The zero-order valence-corrected chi connectivity index (χ0v) is 21.9. The first-order valence-corrected chi connectivity index (χ1v) is 14.1. The zero-order valence-electron chi connectivity index (χ0n) is 21.9. The molecule has 2 aliphatic carbocycles. The van der Waals surface area contributed by atoms with Crippen LogP contribution < -0.4 is 10.2 Å². The van der Waals surface area contributed by atoms with Gasteiger partial charge in [0.2, 0.25) is 5.91 Å². The van der Waals surface area contributed by atoms with Gasteiger partial charge in [0.05, 0.1) is 28.9 Å². The summed E-state index contributed by atoms with van der Waals surface area (Å²) in [7, 11) is 0. The lowest BCUT2D eigenvalue weighted by Crippen LogP contribution is -2.42. The number of pyridine rings is 1. The third kappa shape index (κ3) is 4.30. The molecule has 39 heavy (non-hydrogen) atoms. The monoisotopic (exact) mass is 520 g/mol. The highest BCUT2D eigenvalue weighted by Crippen LogP contribution is 2.43. The molecule has 4 aliphatic rings. The summed E-state index contributed by atoms with van der Waals surface area (Å²) in [5.74, 6) is 1.53. The molecular weight excluding hydrogens is 488 g/mol. The number of allylic oxidation sites excluding steroid dienone is 2. The van der Waals surface area contributed by atoms with E-state index in [0.717, 1.165) is 41.5 Å². The Labute approximate surface area is 227 Å². The third-order valence-corrected chi connectivity index (χ3v) is 9.13. The number of rotatable bonds is 6. The molecule has 0 spiro atoms. The molecule has 3 atom stereocenters. The van der Waals surface area contributed by atoms with Gasteiger partial charge in [0.1, 0.15) is 0 Å². The number of carbonyl (C=O) groups is 3. The SMILES string of the molecule is O=C(NC[C@@H]1C[C@H]2C=C[C@@H]1C2)C1CCN(c2cccc3c2C(=O)N(Cc2cnc4ccccc4c2)C3=O)CC1. The fourth-order valence-corrected chi connectivity index (χ4v) is 7.00. The van der Waals surface area contributed by atoms with Crippen molar-refractivity contribution in [2.45, 2.75) is 32.2 Å². The first-order valence-electron chi connectivity index (χ1n) is 14.1. The summed E-state index contributed by atoms with van der Waals surface area (Å²) in [5, 5.41) is 4.20. The van der Waals surface area contributed by atoms with Gasteiger partial charge in [-0.25, -0.2) is 0 Å². The van der Waals surface area contributed by atoms with Crippen molar-refractivity contribution in [2.75, 3.05) is 24.5 Å². The second-order valence-corrected chi connectivity index (χ2v) is 11.5. The Morgan fingerprint density at radius 2 is 1.82 bits per heavy atom. The van der Waals surface area contributed by atoms with Crippen molar-refractivity contribution in [1.82, 2.24) is 15.2 Å². The molecule has 1 saturated carbocycles. The van der Waals surface area contributed by atoms with Gasteiger partial charge in [-0.3, -0.25) is 24.3 Å². The van der Waals surface area contributed by atoms with Crippen LogP contribution in [0.3, 0.4) is 0 Å². The number of anilines is 1. The van der Waals surface area contributed by atoms with Crippen molar-refractivity contribution in [1.29, 1.82) is 0 Å². The van der Waals surface area contributed by atoms with Crippen molar-refractivity contribution in [3.8, 4) is 0 Å². The topological polar surface area (TPSA) is 82.6 Å². The summed E-state index contributed by atoms with van der Waals surface area (Å²) < 4.78 is 0. The quantitative estimate of drug-likeness (QED) is 0.380. The number of piperidine rings is 1. The Balaban J connectivity index is 1.01. The fraction of sp³-hybridized carbons (Fsp3) is 0.375. The molecule has 0 unspecified atom stereocenters. The van der Waals surface area contributed by atoms with E-state index in [1.54, 1.807) is 12.3 Å². The first-order chi connectivity index (χ1) is 19.0. The van der Waals surface area contributed by atoms with Gasteiger partial charge in [-0.1, -0.05) is 36.4 Å². The molecule has 3 aromatic rings. The van der Waals surface area contributed by atoms with Crippen LogP contribution in [-0.2, 0) is 11.3 Å². The molecule has 2 bridgehead atoms. The zero-order chi connectivity index (χ0) is 26.5. The van der Waals surface area contributed by atoms with Crippen LogP contribution in [0.25, 0.3) is 10.9 Å². The number of hydrogen-bond acceptors (Lipinski definition) is 5. The number of para-hydroxylation sites is 1. The van der Waals surface area contributed by atoms with Crippen LogP contribution in [0, 0.1) is 23.7 Å². The molecule has 198 valence electrons. The number of imide groups is 1. The highest BCUT2D eigenvalue weighted by molar-refractivity contribution is 6.23. The van der Waals surface area contributed by atoms with Crippen LogP contribution in [0.15, 0.2) is 66.9 Å². The lowest BCUT2D eigenvalue weighted by atomic mass is 9.92. The van der Waals surface area contributed by atoms with Gasteiger partial charge < -0.3 is 10.2 Å². The smallest absolute Gasteiger partial charge is 0.263 e. The van der Waals surface area contributed by atoms with E-state index < -0.39 is 0 Å². The summed E-state index contributed by atoms with van der Waals surface area (Å²) in [5.41, 5.74) is 3.41. The van der Waals surface area contributed by atoms with E-state index >= 15 is 0 Å². The molecule has 7 rings (SSSR count). The average Bonchev–Trinajstić information content (AvgIpc) is 3.67. The summed E-state index contributed by atoms with van der Waals surface area (Å²) in [4.78, 5) is 47.8. The number of nitrogens with zero attached hydrogens (tertiary/aromatic N) is 3. The Hall–Kier alpha value is -4.00. The molecule has 1 N–H and O–H groups in total. The van der Waals surface area contributed by atoms with Crippen molar-refractivity contribution >= 4 is 34.3 Å². The molecule has 2 aromatic carbocycles. The van der Waals surface area contributed by atoms with Crippen molar-refractivity contribution in [3.63, 3.8) is 0 Å². The number of amides is 3. The molecule has 0 radical (unpaired) electrons. The van der Waals surface area contributed by atoms with Gasteiger partial charge in [0, 0.05) is 37.1 Å². The Morgan fingerprint density at radius 1 is 0.974 bits per heavy atom. The standard InChI is InChI=1S/C32H32N4O3/c37-30(34-18-25-15-20-8-9-23(25)14-20)22-10-12-35(13-11-22)28-7-3-5-26-29(28)32(39)36(31(26)38)19-21-16-24-4-1-2-6-27(24)33-17-21/h1-9,16-17,20,22-23,25H,10-15,18-19H2,(H,34,37)/t20-,23+,25-/m0/s1. The summed E-state index contributed by atoms with van der Waals surface area (Å²) in [6.45, 7) is 2.32. The number of fused-ring (bicyclic) bond motifs is 4. The minimum Gasteiger partial charge on any atom is -0.371 e. The molecule has 1 aromatic heterocycles. The Morgan fingerprint density at radius 3 is 2.62 bits per heavy atom. The molecular formula is C32H32N4O3. The van der Waals surface area contributed by atoms with Gasteiger partial charge in [-0.05, 0) is 73.3 Å². The van der Waals surface area contributed by atoms with Gasteiger partial charge in [-0.15, -0.1) is 0 Å². The minimum atomic E-state index is -0.269. The maximum Gasteiger partial charge on any atom is 0.263 e. The maximum absolute atomic E-state index is 13.6. The lowest BCUT2D eigenvalue weighted by molar-refractivity contribution is -0.125. The van der Waals surface area contributed by atoms with Gasteiger partial charge >= 0.3 is 0 Å². The first kappa shape index (κ1) is 24.1. The Bertz CT molecular complexity index is 1510. The number of carbonyl (C=O) groups excluding carboxylic acids is 3. The van der Waals surface area contributed by atoms with Gasteiger partial charge in [-0.2, -0.15) is 0 Å². The molecule has 3 heterocycles. The van der Waals surface area contributed by atoms with Crippen LogP contribution in [0.4, 0.5) is 5.69 Å². The third-order valence-electron chi connectivity index (χ3n) is 9.13. The van der Waals surface area contributed by atoms with E-state index in [0.29, 0.717) is 42.0 Å². The minimum absolute atomic E-state index is 0.0126. The predicted octanol–water partition coefficient (Wildman–Crippen LogP) is 4.58. The normalized spacial score (nSPS) is 24.2. The second kappa shape index (κ2) is 9.63. The van der Waals surface area contributed by atoms with Gasteiger partial charge in [0.25, 0.3) is 11.8 Å².